The number of alkyl halides is 3. The number of halogens is 3. The minimum Gasteiger partial charge on any atom is -0.481 e. The zero-order chi connectivity index (χ0) is 15.2. The highest BCUT2D eigenvalue weighted by Crippen LogP contribution is 2.21. The van der Waals surface area contributed by atoms with Crippen LogP contribution in [0.2, 0.25) is 0 Å². The summed E-state index contributed by atoms with van der Waals surface area (Å²) < 4.78 is 40.0. The van der Waals surface area contributed by atoms with Crippen LogP contribution in [0.3, 0.4) is 0 Å². The molecule has 1 fully saturated rings. The van der Waals surface area contributed by atoms with Gasteiger partial charge in [-0.1, -0.05) is 0 Å². The van der Waals surface area contributed by atoms with E-state index in [0.717, 1.165) is 12.8 Å². The van der Waals surface area contributed by atoms with E-state index in [0.29, 0.717) is 13.0 Å². The maximum atomic E-state index is 11.9. The van der Waals surface area contributed by atoms with Crippen LogP contribution in [0.5, 0.6) is 0 Å². The second kappa shape index (κ2) is 7.47. The summed E-state index contributed by atoms with van der Waals surface area (Å²) in [6.07, 6.45) is -2.44. The predicted octanol–water partition coefficient (Wildman–Crippen LogP) is 1.81. The standard InChI is InChI=1S/C12H18F3NO4/c13-12(14,15)8-20-6-4-10(17)16-5-2-1-3-9(16)7-11(18)19/h9H,1-8H2,(H,18,19). The molecule has 0 spiro atoms. The number of amides is 1. The summed E-state index contributed by atoms with van der Waals surface area (Å²) in [4.78, 5) is 24.1. The van der Waals surface area contributed by atoms with E-state index in [1.54, 1.807) is 0 Å². The third-order valence-electron chi connectivity index (χ3n) is 3.08. The molecule has 0 bridgehead atoms. The van der Waals surface area contributed by atoms with Crippen molar-refractivity contribution in [3.05, 3.63) is 0 Å². The molecular formula is C12H18F3NO4. The monoisotopic (exact) mass is 297 g/mol. The molecule has 8 heteroatoms. The molecule has 1 heterocycles. The van der Waals surface area contributed by atoms with Crippen molar-refractivity contribution in [2.24, 2.45) is 0 Å². The highest BCUT2D eigenvalue weighted by atomic mass is 19.4. The van der Waals surface area contributed by atoms with Gasteiger partial charge in [-0.05, 0) is 19.3 Å². The Bertz CT molecular complexity index is 346. The lowest BCUT2D eigenvalue weighted by Gasteiger charge is -2.35. The van der Waals surface area contributed by atoms with Crippen molar-refractivity contribution in [2.45, 2.75) is 44.3 Å². The minimum absolute atomic E-state index is 0.130. The SMILES string of the molecule is O=C(O)CC1CCCCN1C(=O)CCOCC(F)(F)F. The highest BCUT2D eigenvalue weighted by Gasteiger charge is 2.29. The number of hydrogen-bond acceptors (Lipinski definition) is 3. The van der Waals surface area contributed by atoms with Crippen molar-refractivity contribution < 1.29 is 32.6 Å². The van der Waals surface area contributed by atoms with E-state index in [4.69, 9.17) is 5.11 Å². The van der Waals surface area contributed by atoms with Gasteiger partial charge in [0, 0.05) is 12.6 Å². The van der Waals surface area contributed by atoms with Crippen LogP contribution in [0.15, 0.2) is 0 Å². The van der Waals surface area contributed by atoms with Gasteiger partial charge in [0.15, 0.2) is 0 Å². The summed E-state index contributed by atoms with van der Waals surface area (Å²) in [6.45, 7) is -1.23. The molecule has 0 radical (unpaired) electrons. The third-order valence-corrected chi connectivity index (χ3v) is 3.08. The number of rotatable bonds is 6. The first-order valence-corrected chi connectivity index (χ1v) is 6.45. The molecule has 1 amide bonds. The van der Waals surface area contributed by atoms with E-state index >= 15 is 0 Å². The van der Waals surface area contributed by atoms with E-state index in [2.05, 4.69) is 4.74 Å². The first kappa shape index (κ1) is 16.7. The number of carbonyl (C=O) groups excluding carboxylic acids is 1. The van der Waals surface area contributed by atoms with E-state index in [-0.39, 0.29) is 31.4 Å². The fourth-order valence-corrected chi connectivity index (χ4v) is 2.23. The van der Waals surface area contributed by atoms with E-state index in [9.17, 15) is 22.8 Å². The largest absolute Gasteiger partial charge is 0.481 e. The Kier molecular flexibility index (Phi) is 6.25. The summed E-state index contributed by atoms with van der Waals surface area (Å²) in [5.74, 6) is -1.33. The second-order valence-electron chi connectivity index (χ2n) is 4.75. The molecule has 1 aliphatic rings. The van der Waals surface area contributed by atoms with Gasteiger partial charge in [0.05, 0.1) is 19.4 Å². The fraction of sp³-hybridized carbons (Fsp3) is 0.833. The molecule has 0 saturated carbocycles. The van der Waals surface area contributed by atoms with Crippen LogP contribution >= 0.6 is 0 Å². The molecule has 0 aromatic heterocycles. The van der Waals surface area contributed by atoms with Gasteiger partial charge in [-0.3, -0.25) is 9.59 Å². The zero-order valence-electron chi connectivity index (χ0n) is 11.0. The number of ether oxygens (including phenoxy) is 1. The van der Waals surface area contributed by atoms with Crippen molar-refractivity contribution in [3.63, 3.8) is 0 Å². The third kappa shape index (κ3) is 6.23. The number of carboxylic acid groups (broad SMARTS) is 1. The van der Waals surface area contributed by atoms with Gasteiger partial charge >= 0.3 is 12.1 Å². The number of carbonyl (C=O) groups is 2. The quantitative estimate of drug-likeness (QED) is 0.759. The number of likely N-dealkylation sites (tertiary alicyclic amines) is 1. The molecule has 0 aromatic rings. The topological polar surface area (TPSA) is 66.8 Å². The van der Waals surface area contributed by atoms with Crippen LogP contribution in [-0.2, 0) is 14.3 Å². The van der Waals surface area contributed by atoms with Gasteiger partial charge < -0.3 is 14.7 Å². The maximum absolute atomic E-state index is 11.9. The fourth-order valence-electron chi connectivity index (χ4n) is 2.23. The Balaban J connectivity index is 2.37. The Morgan fingerprint density at radius 1 is 1.30 bits per heavy atom. The molecule has 1 unspecified atom stereocenters. The lowest BCUT2D eigenvalue weighted by Crippen LogP contribution is -2.45. The van der Waals surface area contributed by atoms with E-state index in [1.807, 2.05) is 0 Å². The molecule has 20 heavy (non-hydrogen) atoms. The molecule has 116 valence electrons. The van der Waals surface area contributed by atoms with Crippen molar-refractivity contribution in [2.75, 3.05) is 19.8 Å². The smallest absolute Gasteiger partial charge is 0.411 e. The Labute approximate surface area is 114 Å². The van der Waals surface area contributed by atoms with Crippen LogP contribution in [0.1, 0.15) is 32.1 Å². The average Bonchev–Trinajstić information content (AvgIpc) is 2.33. The maximum Gasteiger partial charge on any atom is 0.411 e. The highest BCUT2D eigenvalue weighted by molar-refractivity contribution is 5.77. The number of nitrogens with zero attached hydrogens (tertiary/aromatic N) is 1. The summed E-state index contributed by atoms with van der Waals surface area (Å²) in [7, 11) is 0. The Morgan fingerprint density at radius 2 is 2.00 bits per heavy atom. The lowest BCUT2D eigenvalue weighted by molar-refractivity contribution is -0.175. The summed E-state index contributed by atoms with van der Waals surface area (Å²) in [6, 6.07) is -0.364. The van der Waals surface area contributed by atoms with E-state index < -0.39 is 18.8 Å². The van der Waals surface area contributed by atoms with Crippen molar-refractivity contribution in [1.82, 2.24) is 4.90 Å². The van der Waals surface area contributed by atoms with Crippen LogP contribution < -0.4 is 0 Å². The van der Waals surface area contributed by atoms with Crippen LogP contribution in [-0.4, -0.2) is 53.9 Å². The Hall–Kier alpha value is -1.31. The number of hydrogen-bond donors (Lipinski definition) is 1. The number of carboxylic acids is 1. The lowest BCUT2D eigenvalue weighted by atomic mass is 9.99. The first-order valence-electron chi connectivity index (χ1n) is 6.45. The molecule has 1 saturated heterocycles. The van der Waals surface area contributed by atoms with Crippen LogP contribution in [0.25, 0.3) is 0 Å². The van der Waals surface area contributed by atoms with Crippen molar-refractivity contribution in [3.8, 4) is 0 Å². The first-order chi connectivity index (χ1) is 9.29. The molecule has 1 N–H and O–H groups in total. The summed E-state index contributed by atoms with van der Waals surface area (Å²) in [5.41, 5.74) is 0. The molecule has 1 atom stereocenters. The zero-order valence-corrected chi connectivity index (χ0v) is 11.0. The average molecular weight is 297 g/mol. The van der Waals surface area contributed by atoms with Gasteiger partial charge in [-0.2, -0.15) is 13.2 Å². The Morgan fingerprint density at radius 3 is 2.60 bits per heavy atom. The minimum atomic E-state index is -4.40. The van der Waals surface area contributed by atoms with Crippen molar-refractivity contribution >= 4 is 11.9 Å². The van der Waals surface area contributed by atoms with Crippen LogP contribution in [0, 0.1) is 0 Å². The van der Waals surface area contributed by atoms with Gasteiger partial charge in [0.25, 0.3) is 0 Å². The number of piperidine rings is 1. The molecule has 5 nitrogen and oxygen atoms in total. The summed E-state index contributed by atoms with van der Waals surface area (Å²) >= 11 is 0. The summed E-state index contributed by atoms with van der Waals surface area (Å²) in [5, 5.41) is 8.78. The predicted molar refractivity (Wildman–Crippen MR) is 63.1 cm³/mol. The second-order valence-corrected chi connectivity index (χ2v) is 4.75. The van der Waals surface area contributed by atoms with Gasteiger partial charge in [-0.25, -0.2) is 0 Å². The number of aliphatic carboxylic acids is 1. The molecule has 1 aliphatic heterocycles. The van der Waals surface area contributed by atoms with Gasteiger partial charge in [0.1, 0.15) is 6.61 Å². The normalized spacial score (nSPS) is 19.9. The molecule has 0 aliphatic carbocycles. The van der Waals surface area contributed by atoms with E-state index in [1.165, 1.54) is 4.90 Å². The van der Waals surface area contributed by atoms with Crippen LogP contribution in [0.4, 0.5) is 13.2 Å². The molecule has 0 aromatic carbocycles. The molecular weight excluding hydrogens is 279 g/mol. The van der Waals surface area contributed by atoms with Crippen molar-refractivity contribution in [1.29, 1.82) is 0 Å². The van der Waals surface area contributed by atoms with Gasteiger partial charge in [0.2, 0.25) is 5.91 Å². The van der Waals surface area contributed by atoms with Gasteiger partial charge in [-0.15, -0.1) is 0 Å². The molecule has 1 rings (SSSR count).